The number of thiazole rings is 1. The summed E-state index contributed by atoms with van der Waals surface area (Å²) in [5.41, 5.74) is 0.716. The van der Waals surface area contributed by atoms with Crippen LogP contribution in [0, 0.1) is 25.2 Å². The quantitative estimate of drug-likeness (QED) is 0.662. The van der Waals surface area contributed by atoms with Crippen LogP contribution in [-0.4, -0.2) is 69.9 Å². The van der Waals surface area contributed by atoms with Gasteiger partial charge in [0.1, 0.15) is 12.7 Å². The largest absolute Gasteiger partial charge is 0.380 e. The van der Waals surface area contributed by atoms with Crippen molar-refractivity contribution in [1.29, 1.82) is 0 Å². The van der Waals surface area contributed by atoms with E-state index in [-0.39, 0.29) is 11.8 Å². The van der Waals surface area contributed by atoms with Gasteiger partial charge in [0.15, 0.2) is 0 Å². The third-order valence-electron chi connectivity index (χ3n) is 5.96. The number of aromatic nitrogens is 4. The van der Waals surface area contributed by atoms with E-state index in [0.29, 0.717) is 19.8 Å². The maximum Gasteiger partial charge on any atom is 0.230 e. The van der Waals surface area contributed by atoms with Crippen LogP contribution in [0.25, 0.3) is 0 Å². The normalized spacial score (nSPS) is 24.6. The zero-order valence-electron chi connectivity index (χ0n) is 16.6. The molecule has 9 heteroatoms. The Balaban J connectivity index is 1.27. The molecule has 2 aromatic heterocycles. The van der Waals surface area contributed by atoms with Crippen molar-refractivity contribution in [3.05, 3.63) is 28.2 Å². The zero-order valence-corrected chi connectivity index (χ0v) is 17.4. The smallest absolute Gasteiger partial charge is 0.230 e. The minimum atomic E-state index is -0.401. The molecule has 0 unspecified atom stereocenters. The molecule has 0 aromatic carbocycles. The molecule has 0 spiro atoms. The van der Waals surface area contributed by atoms with Crippen LogP contribution < -0.4 is 5.32 Å². The molecule has 0 saturated carbocycles. The van der Waals surface area contributed by atoms with Crippen molar-refractivity contribution < 1.29 is 9.53 Å². The van der Waals surface area contributed by atoms with Crippen molar-refractivity contribution in [2.75, 3.05) is 39.4 Å². The highest BCUT2D eigenvalue weighted by Gasteiger charge is 2.55. The van der Waals surface area contributed by atoms with E-state index in [4.69, 9.17) is 4.74 Å². The van der Waals surface area contributed by atoms with Gasteiger partial charge in [-0.2, -0.15) is 0 Å². The summed E-state index contributed by atoms with van der Waals surface area (Å²) in [7, 11) is 0. The number of fused-ring (bicyclic) bond motifs is 1. The molecule has 8 nitrogen and oxygen atoms in total. The molecule has 152 valence electrons. The molecule has 28 heavy (non-hydrogen) atoms. The topological polar surface area (TPSA) is 85.2 Å². The molecular formula is C19H28N6O2S. The summed E-state index contributed by atoms with van der Waals surface area (Å²) in [6.45, 7) is 9.44. The summed E-state index contributed by atoms with van der Waals surface area (Å²) >= 11 is 1.76. The van der Waals surface area contributed by atoms with E-state index in [2.05, 4.69) is 32.3 Å². The van der Waals surface area contributed by atoms with Crippen molar-refractivity contribution >= 4 is 17.2 Å². The number of nitrogens with zero attached hydrogens (tertiary/aromatic N) is 5. The van der Waals surface area contributed by atoms with Crippen molar-refractivity contribution in [3.63, 3.8) is 0 Å². The fraction of sp³-hybridized carbons (Fsp3) is 0.684. The number of rotatable bonds is 8. The average molecular weight is 405 g/mol. The molecule has 4 rings (SSSR count). The number of nitrogens with one attached hydrogen (secondary N) is 1. The average Bonchev–Trinajstić information content (AvgIpc) is 3.42. The lowest BCUT2D eigenvalue weighted by molar-refractivity contribution is -0.131. The summed E-state index contributed by atoms with van der Waals surface area (Å²) in [6.07, 6.45) is 5.29. The molecule has 0 radical (unpaired) electrons. The summed E-state index contributed by atoms with van der Waals surface area (Å²) in [5, 5.41) is 12.0. The summed E-state index contributed by atoms with van der Waals surface area (Å²) < 4.78 is 7.68. The van der Waals surface area contributed by atoms with Gasteiger partial charge in [-0.1, -0.05) is 0 Å². The van der Waals surface area contributed by atoms with Crippen LogP contribution in [0.4, 0.5) is 0 Å². The second kappa shape index (κ2) is 8.26. The van der Waals surface area contributed by atoms with Crippen molar-refractivity contribution in [2.45, 2.75) is 33.2 Å². The molecule has 1 N–H and O–H groups in total. The van der Waals surface area contributed by atoms with E-state index in [1.807, 2.05) is 11.5 Å². The first-order chi connectivity index (χ1) is 13.6. The van der Waals surface area contributed by atoms with Gasteiger partial charge in [0, 0.05) is 49.9 Å². The van der Waals surface area contributed by atoms with Crippen molar-refractivity contribution in [1.82, 2.24) is 30.0 Å². The van der Waals surface area contributed by atoms with Crippen LogP contribution in [0.15, 0.2) is 12.7 Å². The Labute approximate surface area is 169 Å². The van der Waals surface area contributed by atoms with Crippen LogP contribution in [0.5, 0.6) is 0 Å². The number of amides is 1. The first-order valence-corrected chi connectivity index (χ1v) is 10.7. The van der Waals surface area contributed by atoms with E-state index < -0.39 is 5.41 Å². The molecule has 0 aliphatic carbocycles. The number of hydrogen-bond donors (Lipinski definition) is 1. The second-order valence-electron chi connectivity index (χ2n) is 7.91. The highest BCUT2D eigenvalue weighted by atomic mass is 32.1. The van der Waals surface area contributed by atoms with Gasteiger partial charge in [0.2, 0.25) is 5.91 Å². The van der Waals surface area contributed by atoms with E-state index in [1.165, 1.54) is 4.88 Å². The van der Waals surface area contributed by atoms with Crippen LogP contribution in [0.2, 0.25) is 0 Å². The van der Waals surface area contributed by atoms with Crippen LogP contribution >= 0.6 is 11.3 Å². The van der Waals surface area contributed by atoms with Gasteiger partial charge in [-0.25, -0.2) is 4.98 Å². The van der Waals surface area contributed by atoms with Crippen molar-refractivity contribution in [2.24, 2.45) is 11.3 Å². The molecule has 4 heterocycles. The van der Waals surface area contributed by atoms with Gasteiger partial charge in [-0.15, -0.1) is 21.5 Å². The Morgan fingerprint density at radius 3 is 2.93 bits per heavy atom. The molecule has 2 aliphatic rings. The predicted molar refractivity (Wildman–Crippen MR) is 106 cm³/mol. The van der Waals surface area contributed by atoms with Gasteiger partial charge >= 0.3 is 0 Å². The first-order valence-electron chi connectivity index (χ1n) is 9.90. The molecule has 2 aromatic rings. The van der Waals surface area contributed by atoms with Crippen LogP contribution in [0.1, 0.15) is 22.0 Å². The first kappa shape index (κ1) is 19.5. The Morgan fingerprint density at radius 1 is 1.36 bits per heavy atom. The Kier molecular flexibility index (Phi) is 5.75. The van der Waals surface area contributed by atoms with Gasteiger partial charge < -0.3 is 14.6 Å². The lowest BCUT2D eigenvalue weighted by Gasteiger charge is -2.26. The molecule has 2 fully saturated rings. The molecule has 2 saturated heterocycles. The number of aryl methyl sites for hydroxylation is 3. The maximum atomic E-state index is 13.0. The Bertz CT molecular complexity index is 788. The van der Waals surface area contributed by atoms with Gasteiger partial charge in [-0.05, 0) is 20.3 Å². The standard InChI is InChI=1S/C19H28N6O2S/c1-14-15(2)28-17(23-14)4-3-5-20-18(26)19-10-24(8-16(19)9-27-11-19)6-7-25-12-21-22-13-25/h12-13,16H,3-11H2,1-2H3,(H,20,26)/t16-,19-/m1/s1. The minimum absolute atomic E-state index is 0.147. The molecule has 0 bridgehead atoms. The van der Waals surface area contributed by atoms with Crippen LogP contribution in [0.3, 0.4) is 0 Å². The van der Waals surface area contributed by atoms with Gasteiger partial charge in [0.25, 0.3) is 0 Å². The number of carbonyl (C=O) groups excluding carboxylic acids is 1. The van der Waals surface area contributed by atoms with Crippen molar-refractivity contribution in [3.8, 4) is 0 Å². The lowest BCUT2D eigenvalue weighted by Crippen LogP contribution is -2.47. The highest BCUT2D eigenvalue weighted by molar-refractivity contribution is 7.11. The summed E-state index contributed by atoms with van der Waals surface area (Å²) in [6, 6.07) is 0. The highest BCUT2D eigenvalue weighted by Crippen LogP contribution is 2.41. The predicted octanol–water partition coefficient (Wildman–Crippen LogP) is 1.05. The third kappa shape index (κ3) is 3.97. The Morgan fingerprint density at radius 2 is 2.18 bits per heavy atom. The van der Waals surface area contributed by atoms with Crippen LogP contribution in [-0.2, 0) is 22.5 Å². The number of hydrogen-bond acceptors (Lipinski definition) is 7. The zero-order chi connectivity index (χ0) is 19.6. The fourth-order valence-electron chi connectivity index (χ4n) is 4.19. The van der Waals surface area contributed by atoms with E-state index in [1.54, 1.807) is 24.0 Å². The monoisotopic (exact) mass is 404 g/mol. The number of carbonyl (C=O) groups is 1. The molecule has 2 atom stereocenters. The summed E-state index contributed by atoms with van der Waals surface area (Å²) in [4.78, 5) is 21.3. The third-order valence-corrected chi connectivity index (χ3v) is 7.10. The van der Waals surface area contributed by atoms with Gasteiger partial charge in [0.05, 0.1) is 29.3 Å². The Hall–Kier alpha value is -1.84. The SMILES string of the molecule is Cc1nc(CCCNC(=O)[C@]23COC[C@H]2CN(CCn2cnnc2)C3)sc1C. The fourth-order valence-corrected chi connectivity index (χ4v) is 5.17. The van der Waals surface area contributed by atoms with E-state index in [0.717, 1.165) is 49.7 Å². The second-order valence-corrected chi connectivity index (χ2v) is 9.20. The lowest BCUT2D eigenvalue weighted by atomic mass is 9.80. The van der Waals surface area contributed by atoms with E-state index >= 15 is 0 Å². The van der Waals surface area contributed by atoms with Gasteiger partial charge in [-0.3, -0.25) is 9.69 Å². The minimum Gasteiger partial charge on any atom is -0.380 e. The number of likely N-dealkylation sites (tertiary alicyclic amines) is 1. The number of ether oxygens (including phenoxy) is 1. The molecule has 1 amide bonds. The summed E-state index contributed by atoms with van der Waals surface area (Å²) in [5.74, 6) is 0.422. The van der Waals surface area contributed by atoms with E-state index in [9.17, 15) is 4.79 Å². The molecular weight excluding hydrogens is 376 g/mol. The molecule has 2 aliphatic heterocycles. The maximum absolute atomic E-state index is 13.0.